The number of para-hydroxylation sites is 1. The normalized spacial score (nSPS) is 12.0. The quantitative estimate of drug-likeness (QED) is 0.383. The summed E-state index contributed by atoms with van der Waals surface area (Å²) in [7, 11) is -3.79. The SMILES string of the molecule is CC(C)S(=O)(=O)n1c(N)nc2ccc(-c3[nH]n(-c4ccccc4)c(=O)c3-c3ccc(F)cc3)cc21. The Morgan fingerprint density at radius 2 is 1.63 bits per heavy atom. The van der Waals surface area contributed by atoms with Crippen molar-refractivity contribution in [2.75, 3.05) is 5.73 Å². The minimum atomic E-state index is -3.79. The van der Waals surface area contributed by atoms with Crippen LogP contribution in [0.4, 0.5) is 10.3 Å². The first-order valence-corrected chi connectivity index (χ1v) is 12.4. The molecule has 0 radical (unpaired) electrons. The molecule has 3 N–H and O–H groups in total. The smallest absolute Gasteiger partial charge is 0.279 e. The first-order valence-electron chi connectivity index (χ1n) is 10.9. The molecule has 0 unspecified atom stereocenters. The summed E-state index contributed by atoms with van der Waals surface area (Å²) >= 11 is 0. The van der Waals surface area contributed by atoms with E-state index in [9.17, 15) is 17.6 Å². The number of fused-ring (bicyclic) bond motifs is 1. The van der Waals surface area contributed by atoms with Gasteiger partial charge in [-0.3, -0.25) is 9.89 Å². The number of aromatic nitrogens is 4. The second-order valence-corrected chi connectivity index (χ2v) is 10.7. The van der Waals surface area contributed by atoms with Crippen LogP contribution in [-0.2, 0) is 10.0 Å². The van der Waals surface area contributed by atoms with Crippen molar-refractivity contribution in [3.05, 3.63) is 89.0 Å². The lowest BCUT2D eigenvalue weighted by Crippen LogP contribution is -2.23. The Balaban J connectivity index is 1.80. The first kappa shape index (κ1) is 22.6. The van der Waals surface area contributed by atoms with E-state index in [1.54, 1.807) is 44.2 Å². The van der Waals surface area contributed by atoms with Crippen molar-refractivity contribution >= 4 is 27.0 Å². The molecule has 35 heavy (non-hydrogen) atoms. The van der Waals surface area contributed by atoms with Gasteiger partial charge >= 0.3 is 0 Å². The Labute approximate surface area is 200 Å². The van der Waals surface area contributed by atoms with Gasteiger partial charge in [-0.2, -0.15) is 0 Å². The van der Waals surface area contributed by atoms with Crippen LogP contribution in [0.2, 0.25) is 0 Å². The Morgan fingerprint density at radius 3 is 2.29 bits per heavy atom. The number of hydrogen-bond acceptors (Lipinski definition) is 5. The molecule has 0 spiro atoms. The van der Waals surface area contributed by atoms with Gasteiger partial charge in [-0.15, -0.1) is 0 Å². The molecule has 2 heterocycles. The van der Waals surface area contributed by atoms with E-state index in [2.05, 4.69) is 10.1 Å². The van der Waals surface area contributed by atoms with Gasteiger partial charge in [0.2, 0.25) is 16.0 Å². The lowest BCUT2D eigenvalue weighted by Gasteiger charge is -2.11. The average Bonchev–Trinajstić information content (AvgIpc) is 3.36. The van der Waals surface area contributed by atoms with Crippen molar-refractivity contribution in [3.63, 3.8) is 0 Å². The van der Waals surface area contributed by atoms with E-state index in [1.807, 2.05) is 18.2 Å². The maximum absolute atomic E-state index is 13.6. The van der Waals surface area contributed by atoms with Gasteiger partial charge in [0.05, 0.1) is 33.2 Å². The fraction of sp³-hybridized carbons (Fsp3) is 0.120. The highest BCUT2D eigenvalue weighted by Crippen LogP contribution is 2.32. The molecule has 10 heteroatoms. The zero-order chi connectivity index (χ0) is 24.9. The third-order valence-corrected chi connectivity index (χ3v) is 7.90. The number of halogens is 1. The third kappa shape index (κ3) is 3.71. The minimum Gasteiger partial charge on any atom is -0.368 e. The highest BCUT2D eigenvalue weighted by molar-refractivity contribution is 7.90. The van der Waals surface area contributed by atoms with E-state index in [0.29, 0.717) is 39.1 Å². The van der Waals surface area contributed by atoms with Gasteiger partial charge in [0.25, 0.3) is 5.56 Å². The average molecular weight is 492 g/mol. The number of benzene rings is 3. The number of imidazole rings is 1. The molecule has 8 nitrogen and oxygen atoms in total. The largest absolute Gasteiger partial charge is 0.368 e. The van der Waals surface area contributed by atoms with Crippen LogP contribution in [0.5, 0.6) is 0 Å². The molecule has 0 amide bonds. The molecule has 3 aromatic carbocycles. The summed E-state index contributed by atoms with van der Waals surface area (Å²) in [6.45, 7) is 3.13. The monoisotopic (exact) mass is 491 g/mol. The number of rotatable bonds is 5. The fourth-order valence-corrected chi connectivity index (χ4v) is 5.14. The molecule has 0 saturated carbocycles. The van der Waals surface area contributed by atoms with Gasteiger partial charge in [-0.25, -0.2) is 26.4 Å². The third-order valence-electron chi connectivity index (χ3n) is 5.81. The lowest BCUT2D eigenvalue weighted by atomic mass is 10.0. The van der Waals surface area contributed by atoms with Crippen LogP contribution in [-0.4, -0.2) is 32.4 Å². The molecule has 178 valence electrons. The van der Waals surface area contributed by atoms with E-state index >= 15 is 0 Å². The lowest BCUT2D eigenvalue weighted by molar-refractivity contribution is 0.580. The number of anilines is 1. The molecule has 0 saturated heterocycles. The van der Waals surface area contributed by atoms with E-state index in [-0.39, 0.29) is 11.5 Å². The maximum atomic E-state index is 13.6. The molecule has 5 rings (SSSR count). The van der Waals surface area contributed by atoms with Crippen molar-refractivity contribution in [2.45, 2.75) is 19.1 Å². The van der Waals surface area contributed by atoms with Crippen molar-refractivity contribution in [2.24, 2.45) is 0 Å². The van der Waals surface area contributed by atoms with Crippen LogP contribution >= 0.6 is 0 Å². The van der Waals surface area contributed by atoms with Gasteiger partial charge in [-0.1, -0.05) is 36.4 Å². The molecular weight excluding hydrogens is 469 g/mol. The van der Waals surface area contributed by atoms with Crippen LogP contribution in [0.1, 0.15) is 13.8 Å². The molecule has 2 aromatic heterocycles. The molecule has 0 atom stereocenters. The van der Waals surface area contributed by atoms with E-state index in [1.165, 1.54) is 28.9 Å². The predicted molar refractivity (Wildman–Crippen MR) is 134 cm³/mol. The van der Waals surface area contributed by atoms with E-state index in [4.69, 9.17) is 5.73 Å². The van der Waals surface area contributed by atoms with Crippen LogP contribution in [0, 0.1) is 5.82 Å². The summed E-state index contributed by atoms with van der Waals surface area (Å²) in [4.78, 5) is 17.7. The zero-order valence-electron chi connectivity index (χ0n) is 18.9. The number of hydrogen-bond donors (Lipinski definition) is 2. The predicted octanol–water partition coefficient (Wildman–Crippen LogP) is 4.16. The molecule has 0 aliphatic rings. The van der Waals surface area contributed by atoms with Gasteiger partial charge in [0.15, 0.2) is 0 Å². The van der Waals surface area contributed by atoms with Crippen LogP contribution < -0.4 is 11.3 Å². The number of nitrogens with one attached hydrogen (secondary N) is 1. The number of aromatic amines is 1. The molecule has 0 aliphatic carbocycles. The Morgan fingerprint density at radius 1 is 0.971 bits per heavy atom. The van der Waals surface area contributed by atoms with Crippen LogP contribution in [0.3, 0.4) is 0 Å². The highest BCUT2D eigenvalue weighted by atomic mass is 32.2. The van der Waals surface area contributed by atoms with Crippen molar-refractivity contribution in [3.8, 4) is 28.1 Å². The minimum absolute atomic E-state index is 0.139. The van der Waals surface area contributed by atoms with Crippen LogP contribution in [0.25, 0.3) is 39.1 Å². The molecule has 0 bridgehead atoms. The standard InChI is InChI=1S/C25H22FN5O3S/c1-15(2)35(33,34)31-21-14-17(10-13-20(21)28-25(31)27)23-22(16-8-11-18(26)12-9-16)24(32)30(29-23)19-6-4-3-5-7-19/h3-15,29H,1-2H3,(H2,27,28). The summed E-state index contributed by atoms with van der Waals surface area (Å²) in [6, 6.07) is 19.7. The Hall–Kier alpha value is -4.18. The van der Waals surface area contributed by atoms with E-state index in [0.717, 1.165) is 3.97 Å². The summed E-state index contributed by atoms with van der Waals surface area (Å²) < 4.78 is 42.0. The number of nitrogens with two attached hydrogens (primary N) is 1. The first-order chi connectivity index (χ1) is 16.7. The Kier molecular flexibility index (Phi) is 5.32. The van der Waals surface area contributed by atoms with Crippen LogP contribution in [0.15, 0.2) is 77.6 Å². The molecule has 0 aliphatic heterocycles. The number of nitrogens with zero attached hydrogens (tertiary/aromatic N) is 3. The van der Waals surface area contributed by atoms with E-state index < -0.39 is 21.1 Å². The number of nitrogen functional groups attached to an aromatic ring is 1. The summed E-state index contributed by atoms with van der Waals surface area (Å²) in [6.07, 6.45) is 0. The second kappa shape index (κ2) is 8.24. The Bertz CT molecular complexity index is 1720. The summed E-state index contributed by atoms with van der Waals surface area (Å²) in [5, 5.41) is 2.43. The second-order valence-electron chi connectivity index (χ2n) is 8.38. The van der Waals surface area contributed by atoms with Gasteiger partial charge in [0.1, 0.15) is 5.82 Å². The van der Waals surface area contributed by atoms with Crippen molar-refractivity contribution < 1.29 is 12.8 Å². The highest BCUT2D eigenvalue weighted by Gasteiger charge is 2.26. The molecular formula is C25H22FN5O3S. The molecule has 5 aromatic rings. The van der Waals surface area contributed by atoms with Gasteiger partial charge in [0, 0.05) is 5.56 Å². The summed E-state index contributed by atoms with van der Waals surface area (Å²) in [5.74, 6) is -0.561. The van der Waals surface area contributed by atoms with Crippen molar-refractivity contribution in [1.82, 2.24) is 18.7 Å². The van der Waals surface area contributed by atoms with Gasteiger partial charge < -0.3 is 5.73 Å². The zero-order valence-corrected chi connectivity index (χ0v) is 19.8. The topological polar surface area (TPSA) is 116 Å². The van der Waals surface area contributed by atoms with Gasteiger partial charge in [-0.05, 0) is 55.8 Å². The fourth-order valence-electron chi connectivity index (χ4n) is 4.00. The molecule has 0 fully saturated rings. The number of H-pyrrole nitrogens is 1. The summed E-state index contributed by atoms with van der Waals surface area (Å²) in [5.41, 5.74) is 8.79. The maximum Gasteiger partial charge on any atom is 0.279 e. The van der Waals surface area contributed by atoms with Crippen molar-refractivity contribution in [1.29, 1.82) is 0 Å².